The van der Waals surface area contributed by atoms with Crippen molar-refractivity contribution >= 4 is 34.2 Å². The number of halogens is 2. The lowest BCUT2D eigenvalue weighted by molar-refractivity contribution is 0.0998. The van der Waals surface area contributed by atoms with E-state index in [1.807, 2.05) is 0 Å². The standard InChI is InChI=1S/C12H14ClIN2O/c1-2-8-10(14)11(13)16-12(15-8)7-5-6-3-4-9(7)17-6/h6-7,9H,2-5H2,1H3. The molecule has 1 aromatic heterocycles. The average Bonchev–Trinajstić information content (AvgIpc) is 2.94. The van der Waals surface area contributed by atoms with Crippen molar-refractivity contribution in [2.45, 2.75) is 50.7 Å². The smallest absolute Gasteiger partial charge is 0.146 e. The molecule has 1 aromatic rings. The van der Waals surface area contributed by atoms with Gasteiger partial charge in [-0.1, -0.05) is 18.5 Å². The maximum absolute atomic E-state index is 6.18. The third-order valence-corrected chi connectivity index (χ3v) is 5.40. The maximum Gasteiger partial charge on any atom is 0.146 e. The molecule has 3 heterocycles. The molecule has 2 aliphatic rings. The minimum absolute atomic E-state index is 0.320. The van der Waals surface area contributed by atoms with Crippen molar-refractivity contribution in [1.29, 1.82) is 0 Å². The van der Waals surface area contributed by atoms with Crippen LogP contribution in [0.4, 0.5) is 0 Å². The number of hydrogen-bond acceptors (Lipinski definition) is 3. The summed E-state index contributed by atoms with van der Waals surface area (Å²) >= 11 is 8.40. The third kappa shape index (κ3) is 2.08. The fraction of sp³-hybridized carbons (Fsp3) is 0.667. The van der Waals surface area contributed by atoms with Crippen molar-refractivity contribution in [3.05, 3.63) is 20.2 Å². The highest BCUT2D eigenvalue weighted by atomic mass is 127. The molecule has 3 rings (SSSR count). The number of fused-ring (bicyclic) bond motifs is 2. The normalized spacial score (nSPS) is 31.1. The molecule has 2 aliphatic heterocycles. The van der Waals surface area contributed by atoms with Gasteiger partial charge in [0.2, 0.25) is 0 Å². The third-order valence-electron chi connectivity index (χ3n) is 3.67. The fourth-order valence-electron chi connectivity index (χ4n) is 2.79. The van der Waals surface area contributed by atoms with Crippen molar-refractivity contribution in [3.63, 3.8) is 0 Å². The largest absolute Gasteiger partial charge is 0.374 e. The van der Waals surface area contributed by atoms with Gasteiger partial charge in [-0.25, -0.2) is 9.97 Å². The zero-order chi connectivity index (χ0) is 12.0. The first-order valence-corrected chi connectivity index (χ1v) is 7.52. The molecule has 0 saturated carbocycles. The van der Waals surface area contributed by atoms with E-state index in [2.05, 4.69) is 39.5 Å². The van der Waals surface area contributed by atoms with Gasteiger partial charge in [0.05, 0.1) is 21.5 Å². The van der Waals surface area contributed by atoms with Gasteiger partial charge in [-0.15, -0.1) is 0 Å². The molecule has 2 saturated heterocycles. The van der Waals surface area contributed by atoms with Gasteiger partial charge in [-0.2, -0.15) is 0 Å². The SMILES string of the molecule is CCc1nc(C2CC3CCC2O3)nc(Cl)c1I. The topological polar surface area (TPSA) is 35.0 Å². The molecule has 17 heavy (non-hydrogen) atoms. The average molecular weight is 365 g/mol. The Morgan fingerprint density at radius 1 is 1.41 bits per heavy atom. The van der Waals surface area contributed by atoms with E-state index in [4.69, 9.17) is 16.3 Å². The Balaban J connectivity index is 1.95. The molecule has 2 bridgehead atoms. The van der Waals surface area contributed by atoms with Gasteiger partial charge in [0, 0.05) is 5.92 Å². The predicted molar refractivity (Wildman–Crippen MR) is 74.4 cm³/mol. The zero-order valence-electron chi connectivity index (χ0n) is 9.62. The van der Waals surface area contributed by atoms with Crippen molar-refractivity contribution in [2.75, 3.05) is 0 Å². The van der Waals surface area contributed by atoms with E-state index >= 15 is 0 Å². The van der Waals surface area contributed by atoms with Crippen LogP contribution in [0.3, 0.4) is 0 Å². The van der Waals surface area contributed by atoms with E-state index in [0.29, 0.717) is 23.3 Å². The molecule has 0 amide bonds. The summed E-state index contributed by atoms with van der Waals surface area (Å²) in [7, 11) is 0. The predicted octanol–water partition coefficient (Wildman–Crippen LogP) is 3.33. The van der Waals surface area contributed by atoms with Crippen LogP contribution in [0.15, 0.2) is 0 Å². The van der Waals surface area contributed by atoms with Crippen LogP contribution in [0.1, 0.15) is 43.6 Å². The van der Waals surface area contributed by atoms with Gasteiger partial charge >= 0.3 is 0 Å². The van der Waals surface area contributed by atoms with Crippen LogP contribution >= 0.6 is 34.2 Å². The van der Waals surface area contributed by atoms with E-state index in [9.17, 15) is 0 Å². The summed E-state index contributed by atoms with van der Waals surface area (Å²) in [5.74, 6) is 1.24. The van der Waals surface area contributed by atoms with Crippen LogP contribution in [0.5, 0.6) is 0 Å². The Morgan fingerprint density at radius 3 is 2.82 bits per heavy atom. The van der Waals surface area contributed by atoms with Crippen molar-refractivity contribution < 1.29 is 4.74 Å². The molecule has 0 N–H and O–H groups in total. The van der Waals surface area contributed by atoms with Gasteiger partial charge in [0.15, 0.2) is 0 Å². The number of nitrogens with zero attached hydrogens (tertiary/aromatic N) is 2. The van der Waals surface area contributed by atoms with Crippen LogP contribution in [-0.2, 0) is 11.2 Å². The lowest BCUT2D eigenvalue weighted by Gasteiger charge is -2.18. The van der Waals surface area contributed by atoms with Crippen LogP contribution < -0.4 is 0 Å². The number of ether oxygens (including phenoxy) is 1. The monoisotopic (exact) mass is 364 g/mol. The molecule has 5 heteroatoms. The minimum atomic E-state index is 0.320. The van der Waals surface area contributed by atoms with Crippen molar-refractivity contribution in [1.82, 2.24) is 9.97 Å². The summed E-state index contributed by atoms with van der Waals surface area (Å²) in [5.41, 5.74) is 1.06. The number of hydrogen-bond donors (Lipinski definition) is 0. The summed E-state index contributed by atoms with van der Waals surface area (Å²) in [4.78, 5) is 9.12. The lowest BCUT2D eigenvalue weighted by Crippen LogP contribution is -2.18. The Bertz CT molecular complexity index is 454. The number of rotatable bonds is 2. The Hall–Kier alpha value is 0.0600. The maximum atomic E-state index is 6.18. The van der Waals surface area contributed by atoms with E-state index < -0.39 is 0 Å². The van der Waals surface area contributed by atoms with E-state index in [1.165, 1.54) is 6.42 Å². The Kier molecular flexibility index (Phi) is 3.30. The zero-order valence-corrected chi connectivity index (χ0v) is 12.5. The van der Waals surface area contributed by atoms with Crippen molar-refractivity contribution in [3.8, 4) is 0 Å². The fourth-order valence-corrected chi connectivity index (χ4v) is 3.61. The second kappa shape index (κ2) is 4.63. The molecule has 3 unspecified atom stereocenters. The van der Waals surface area contributed by atoms with E-state index in [-0.39, 0.29) is 0 Å². The van der Waals surface area contributed by atoms with Crippen LogP contribution in [0.2, 0.25) is 5.15 Å². The van der Waals surface area contributed by atoms with Gasteiger partial charge in [0.25, 0.3) is 0 Å². The number of aryl methyl sites for hydroxylation is 1. The van der Waals surface area contributed by atoms with E-state index in [1.54, 1.807) is 0 Å². The number of aromatic nitrogens is 2. The quantitative estimate of drug-likeness (QED) is 0.596. The lowest BCUT2D eigenvalue weighted by atomic mass is 9.88. The highest BCUT2D eigenvalue weighted by Crippen LogP contribution is 2.43. The minimum Gasteiger partial charge on any atom is -0.374 e. The molecule has 3 nitrogen and oxygen atoms in total. The van der Waals surface area contributed by atoms with Gasteiger partial charge in [0.1, 0.15) is 11.0 Å². The first kappa shape index (κ1) is 12.1. The highest BCUT2D eigenvalue weighted by molar-refractivity contribution is 14.1. The Morgan fingerprint density at radius 2 is 2.24 bits per heavy atom. The Labute approximate surface area is 119 Å². The van der Waals surface area contributed by atoms with Gasteiger partial charge in [-0.05, 0) is 48.3 Å². The first-order chi connectivity index (χ1) is 8.19. The van der Waals surface area contributed by atoms with Gasteiger partial charge in [-0.3, -0.25) is 0 Å². The van der Waals surface area contributed by atoms with Crippen LogP contribution in [0, 0.1) is 3.57 Å². The second-order valence-electron chi connectivity index (χ2n) is 4.70. The summed E-state index contributed by atoms with van der Waals surface area (Å²) in [5, 5.41) is 0.593. The molecule has 3 atom stereocenters. The summed E-state index contributed by atoms with van der Waals surface area (Å²) in [6.45, 7) is 2.10. The first-order valence-electron chi connectivity index (χ1n) is 6.06. The molecule has 0 spiro atoms. The van der Waals surface area contributed by atoms with Crippen LogP contribution in [0.25, 0.3) is 0 Å². The van der Waals surface area contributed by atoms with Gasteiger partial charge < -0.3 is 4.74 Å². The summed E-state index contributed by atoms with van der Waals surface area (Å²) < 4.78 is 6.84. The van der Waals surface area contributed by atoms with Crippen molar-refractivity contribution in [2.24, 2.45) is 0 Å². The summed E-state index contributed by atoms with van der Waals surface area (Å²) in [6, 6.07) is 0. The molecule has 2 fully saturated rings. The van der Waals surface area contributed by atoms with E-state index in [0.717, 1.165) is 34.4 Å². The summed E-state index contributed by atoms with van der Waals surface area (Å²) in [6.07, 6.45) is 5.04. The highest BCUT2D eigenvalue weighted by Gasteiger charge is 2.43. The molecular formula is C12H14ClIN2O. The molecule has 92 valence electrons. The second-order valence-corrected chi connectivity index (χ2v) is 6.14. The molecule has 0 aromatic carbocycles. The molecular weight excluding hydrogens is 351 g/mol. The molecule has 0 aliphatic carbocycles. The van der Waals surface area contributed by atoms with Crippen LogP contribution in [-0.4, -0.2) is 22.2 Å². The molecule has 0 radical (unpaired) electrons.